The van der Waals surface area contributed by atoms with Gasteiger partial charge in [-0.15, -0.1) is 0 Å². The molecule has 1 aromatic carbocycles. The molecule has 9 heteroatoms. The zero-order valence-electron chi connectivity index (χ0n) is 18.2. The van der Waals surface area contributed by atoms with Crippen molar-refractivity contribution in [1.29, 1.82) is 0 Å². The van der Waals surface area contributed by atoms with Crippen LogP contribution < -0.4 is 15.0 Å². The van der Waals surface area contributed by atoms with Gasteiger partial charge in [0.25, 0.3) is 0 Å². The van der Waals surface area contributed by atoms with Crippen molar-refractivity contribution in [2.24, 2.45) is 0 Å². The molecule has 0 saturated heterocycles. The molecular formula is C24H24ClN5O3. The summed E-state index contributed by atoms with van der Waals surface area (Å²) < 4.78 is 11.4. The molecule has 0 amide bonds. The van der Waals surface area contributed by atoms with Crippen molar-refractivity contribution in [3.05, 3.63) is 71.8 Å². The number of fused-ring (bicyclic) bond motifs is 3. The molecule has 1 aliphatic heterocycles. The van der Waals surface area contributed by atoms with Crippen molar-refractivity contribution in [3.8, 4) is 11.5 Å². The van der Waals surface area contributed by atoms with Gasteiger partial charge in [-0.1, -0.05) is 29.8 Å². The Kier molecular flexibility index (Phi) is 5.57. The van der Waals surface area contributed by atoms with Crippen LogP contribution in [0, 0.1) is 0 Å². The Labute approximate surface area is 196 Å². The maximum Gasteiger partial charge on any atom is 0.172 e. The molecule has 170 valence electrons. The number of nitrogens with one attached hydrogen (secondary N) is 2. The van der Waals surface area contributed by atoms with E-state index in [-0.39, 0.29) is 0 Å². The number of hydrogen-bond acceptors (Lipinski definition) is 7. The summed E-state index contributed by atoms with van der Waals surface area (Å²) in [7, 11) is 1.64. The predicted molar refractivity (Wildman–Crippen MR) is 128 cm³/mol. The first-order valence-corrected chi connectivity index (χ1v) is 10.9. The summed E-state index contributed by atoms with van der Waals surface area (Å²) in [6.45, 7) is 2.93. The third-order valence-electron chi connectivity index (χ3n) is 5.81. The molecule has 0 fully saturated rings. The van der Waals surface area contributed by atoms with Gasteiger partial charge >= 0.3 is 0 Å². The summed E-state index contributed by atoms with van der Waals surface area (Å²) in [6, 6.07) is 13.0. The molecule has 33 heavy (non-hydrogen) atoms. The topological polar surface area (TPSA) is 95.5 Å². The van der Waals surface area contributed by atoms with Gasteiger partial charge in [-0.2, -0.15) is 0 Å². The minimum atomic E-state index is -1.13. The van der Waals surface area contributed by atoms with E-state index >= 15 is 0 Å². The largest absolute Gasteiger partial charge is 0.456 e. The SMILES string of the molecule is COCC1(C)CNc2cnc3[nH]ccc3c2N1C(O)c1ncc(Oc2ccccc2)cc1Cl. The van der Waals surface area contributed by atoms with Crippen LogP contribution in [0.5, 0.6) is 11.5 Å². The van der Waals surface area contributed by atoms with Gasteiger partial charge in [-0.25, -0.2) is 4.98 Å². The summed E-state index contributed by atoms with van der Waals surface area (Å²) in [5.41, 5.74) is 2.08. The number of halogens is 1. The zero-order valence-corrected chi connectivity index (χ0v) is 19.0. The number of ether oxygens (including phenoxy) is 2. The Morgan fingerprint density at radius 1 is 1.18 bits per heavy atom. The second-order valence-corrected chi connectivity index (χ2v) is 8.65. The highest BCUT2D eigenvalue weighted by atomic mass is 35.5. The molecule has 2 unspecified atom stereocenters. The Morgan fingerprint density at radius 2 is 2.00 bits per heavy atom. The molecule has 4 aromatic rings. The molecule has 1 aliphatic rings. The molecule has 5 rings (SSSR count). The predicted octanol–water partition coefficient (Wildman–Crippen LogP) is 4.73. The van der Waals surface area contributed by atoms with Crippen LogP contribution in [0.3, 0.4) is 0 Å². The van der Waals surface area contributed by atoms with Gasteiger partial charge in [-0.05, 0) is 25.1 Å². The number of anilines is 2. The van der Waals surface area contributed by atoms with E-state index in [2.05, 4.69) is 20.3 Å². The Morgan fingerprint density at radius 3 is 2.76 bits per heavy atom. The van der Waals surface area contributed by atoms with E-state index in [1.54, 1.807) is 25.6 Å². The molecule has 0 bridgehead atoms. The fourth-order valence-electron chi connectivity index (χ4n) is 4.30. The highest BCUT2D eigenvalue weighted by molar-refractivity contribution is 6.31. The molecule has 3 N–H and O–H groups in total. The molecular weight excluding hydrogens is 442 g/mol. The molecule has 0 aliphatic carbocycles. The molecule has 8 nitrogen and oxygen atoms in total. The van der Waals surface area contributed by atoms with Crippen molar-refractivity contribution in [2.75, 3.05) is 30.5 Å². The average molecular weight is 466 g/mol. The minimum absolute atomic E-state index is 0.301. The van der Waals surface area contributed by atoms with Gasteiger partial charge in [-0.3, -0.25) is 4.98 Å². The number of aromatic nitrogens is 3. The van der Waals surface area contributed by atoms with Crippen LogP contribution in [0.1, 0.15) is 18.8 Å². The lowest BCUT2D eigenvalue weighted by atomic mass is 9.94. The third kappa shape index (κ3) is 3.86. The first-order valence-electron chi connectivity index (χ1n) is 10.5. The van der Waals surface area contributed by atoms with Gasteiger partial charge in [0.15, 0.2) is 6.23 Å². The molecule has 3 aromatic heterocycles. The second-order valence-electron chi connectivity index (χ2n) is 8.24. The quantitative estimate of drug-likeness (QED) is 0.378. The van der Waals surface area contributed by atoms with E-state index < -0.39 is 11.8 Å². The monoisotopic (exact) mass is 465 g/mol. The van der Waals surface area contributed by atoms with Crippen LogP contribution in [0.2, 0.25) is 5.02 Å². The first-order chi connectivity index (χ1) is 16.0. The Hall–Kier alpha value is -3.33. The maximum atomic E-state index is 11.6. The second kappa shape index (κ2) is 8.55. The lowest BCUT2D eigenvalue weighted by Crippen LogP contribution is -2.58. The Balaban J connectivity index is 1.56. The summed E-state index contributed by atoms with van der Waals surface area (Å²) in [4.78, 5) is 14.0. The smallest absolute Gasteiger partial charge is 0.172 e. The van der Waals surface area contributed by atoms with Crippen molar-refractivity contribution in [3.63, 3.8) is 0 Å². The lowest BCUT2D eigenvalue weighted by Gasteiger charge is -2.49. The molecule has 0 saturated carbocycles. The Bertz CT molecular complexity index is 1280. The fraction of sp³-hybridized carbons (Fsp3) is 0.250. The summed E-state index contributed by atoms with van der Waals surface area (Å²) >= 11 is 6.61. The van der Waals surface area contributed by atoms with Gasteiger partial charge < -0.3 is 29.8 Å². The summed E-state index contributed by atoms with van der Waals surface area (Å²) in [5, 5.41) is 16.2. The minimum Gasteiger partial charge on any atom is -0.456 e. The normalized spacial score (nSPS) is 18.6. The number of benzene rings is 1. The van der Waals surface area contributed by atoms with Crippen molar-refractivity contribution in [1.82, 2.24) is 15.0 Å². The number of pyridine rings is 2. The lowest BCUT2D eigenvalue weighted by molar-refractivity contribution is 0.0866. The summed E-state index contributed by atoms with van der Waals surface area (Å²) in [5.74, 6) is 1.16. The maximum absolute atomic E-state index is 11.6. The van der Waals surface area contributed by atoms with Gasteiger partial charge in [0.05, 0.1) is 40.9 Å². The van der Waals surface area contributed by atoms with Gasteiger partial charge in [0.1, 0.15) is 22.8 Å². The number of rotatable bonds is 6. The number of para-hydroxylation sites is 1. The molecule has 0 radical (unpaired) electrons. The zero-order chi connectivity index (χ0) is 23.0. The molecule has 2 atom stereocenters. The van der Waals surface area contributed by atoms with Crippen LogP contribution in [0.25, 0.3) is 11.0 Å². The third-order valence-corrected chi connectivity index (χ3v) is 6.11. The average Bonchev–Trinajstić information content (AvgIpc) is 3.29. The highest BCUT2D eigenvalue weighted by Gasteiger charge is 2.43. The van der Waals surface area contributed by atoms with Crippen LogP contribution in [-0.2, 0) is 4.74 Å². The number of H-pyrrole nitrogens is 1. The van der Waals surface area contributed by atoms with Crippen molar-refractivity contribution >= 4 is 34.0 Å². The van der Waals surface area contributed by atoms with Crippen LogP contribution in [-0.4, -0.2) is 45.9 Å². The number of methoxy groups -OCH3 is 1. The standard InChI is InChI=1S/C24H24ClN5O3/c1-24(14-32-2)13-29-19-12-28-22-17(8-9-26-22)21(19)30(24)23(31)20-18(25)10-16(11-27-20)33-15-6-4-3-5-7-15/h3-12,23,29,31H,13-14H2,1-2H3,(H,26,28). The van der Waals surface area contributed by atoms with Gasteiger partial charge in [0, 0.05) is 31.3 Å². The number of aromatic amines is 1. The molecule has 0 spiro atoms. The van der Waals surface area contributed by atoms with Gasteiger partial charge in [0.2, 0.25) is 0 Å². The van der Waals surface area contributed by atoms with Crippen molar-refractivity contribution in [2.45, 2.75) is 18.7 Å². The van der Waals surface area contributed by atoms with Crippen molar-refractivity contribution < 1.29 is 14.6 Å². The van der Waals surface area contributed by atoms with E-state index in [4.69, 9.17) is 21.1 Å². The first kappa shape index (κ1) is 21.5. The van der Waals surface area contributed by atoms with Crippen LogP contribution in [0.15, 0.2) is 61.1 Å². The number of hydrogen-bond donors (Lipinski definition) is 3. The van der Waals surface area contributed by atoms with E-state index in [0.717, 1.165) is 22.4 Å². The van der Waals surface area contributed by atoms with E-state index in [1.807, 2.05) is 54.4 Å². The highest BCUT2D eigenvalue weighted by Crippen LogP contribution is 2.45. The van der Waals surface area contributed by atoms with E-state index in [9.17, 15) is 5.11 Å². The van der Waals surface area contributed by atoms with Crippen LogP contribution in [0.4, 0.5) is 11.4 Å². The summed E-state index contributed by atoms with van der Waals surface area (Å²) in [6.07, 6.45) is 4.01. The van der Waals surface area contributed by atoms with E-state index in [0.29, 0.717) is 35.4 Å². The number of aliphatic hydroxyl groups is 1. The number of aliphatic hydroxyl groups excluding tert-OH is 1. The van der Waals surface area contributed by atoms with Crippen LogP contribution >= 0.6 is 11.6 Å². The number of nitrogens with zero attached hydrogens (tertiary/aromatic N) is 3. The van der Waals surface area contributed by atoms with E-state index in [1.165, 1.54) is 0 Å². The molecule has 4 heterocycles. The fourth-order valence-corrected chi connectivity index (χ4v) is 4.55.